The lowest BCUT2D eigenvalue weighted by Gasteiger charge is -2.38. The highest BCUT2D eigenvalue weighted by molar-refractivity contribution is 4.88. The molecule has 0 radical (unpaired) electrons. The van der Waals surface area contributed by atoms with E-state index >= 15 is 0 Å². The van der Waals surface area contributed by atoms with Crippen LogP contribution < -0.4 is 5.32 Å². The van der Waals surface area contributed by atoms with Crippen LogP contribution in [-0.4, -0.2) is 62.2 Å². The Bertz CT molecular complexity index is 265. The summed E-state index contributed by atoms with van der Waals surface area (Å²) in [5, 5.41) is 3.66. The summed E-state index contributed by atoms with van der Waals surface area (Å²) in [4.78, 5) is 5.09. The molecule has 2 atom stereocenters. The predicted molar refractivity (Wildman–Crippen MR) is 89.3 cm³/mol. The van der Waals surface area contributed by atoms with Gasteiger partial charge in [0.25, 0.3) is 0 Å². The molecule has 1 fully saturated rings. The summed E-state index contributed by atoms with van der Waals surface area (Å²) in [6.45, 7) is 14.2. The van der Waals surface area contributed by atoms with Gasteiger partial charge in [-0.15, -0.1) is 0 Å². The highest BCUT2D eigenvalue weighted by Crippen LogP contribution is 2.28. The van der Waals surface area contributed by atoms with Gasteiger partial charge in [0.15, 0.2) is 0 Å². The average molecular weight is 284 g/mol. The van der Waals surface area contributed by atoms with Crippen LogP contribution in [0.2, 0.25) is 0 Å². The van der Waals surface area contributed by atoms with Crippen molar-refractivity contribution < 1.29 is 0 Å². The summed E-state index contributed by atoms with van der Waals surface area (Å²) in [7, 11) is 4.39. The third kappa shape index (κ3) is 6.11. The van der Waals surface area contributed by atoms with Crippen molar-refractivity contribution in [1.29, 1.82) is 0 Å². The van der Waals surface area contributed by atoms with Crippen molar-refractivity contribution in [3.8, 4) is 0 Å². The van der Waals surface area contributed by atoms with Gasteiger partial charge in [-0.2, -0.15) is 0 Å². The molecule has 0 spiro atoms. The maximum absolute atomic E-state index is 3.66. The lowest BCUT2D eigenvalue weighted by molar-refractivity contribution is 0.122. The van der Waals surface area contributed by atoms with Crippen molar-refractivity contribution in [2.24, 2.45) is 5.41 Å². The van der Waals surface area contributed by atoms with Crippen LogP contribution >= 0.6 is 0 Å². The third-order valence-corrected chi connectivity index (χ3v) is 4.45. The van der Waals surface area contributed by atoms with Crippen molar-refractivity contribution in [3.05, 3.63) is 0 Å². The first-order chi connectivity index (χ1) is 9.36. The van der Waals surface area contributed by atoms with Gasteiger partial charge < -0.3 is 10.2 Å². The van der Waals surface area contributed by atoms with Crippen LogP contribution in [0, 0.1) is 5.41 Å². The van der Waals surface area contributed by atoms with Gasteiger partial charge in [0.2, 0.25) is 0 Å². The molecule has 1 heterocycles. The van der Waals surface area contributed by atoms with E-state index in [0.717, 1.165) is 12.6 Å². The Morgan fingerprint density at radius 1 is 1.35 bits per heavy atom. The molecule has 1 rings (SSSR count). The van der Waals surface area contributed by atoms with Crippen molar-refractivity contribution in [2.75, 3.05) is 40.3 Å². The maximum Gasteiger partial charge on any atom is 0.0223 e. The Morgan fingerprint density at radius 2 is 2.05 bits per heavy atom. The molecular formula is C17H37N3. The van der Waals surface area contributed by atoms with Gasteiger partial charge in [-0.25, -0.2) is 0 Å². The summed E-state index contributed by atoms with van der Waals surface area (Å²) in [5.41, 5.74) is 0.411. The zero-order valence-electron chi connectivity index (χ0n) is 14.7. The molecule has 0 aromatic carbocycles. The summed E-state index contributed by atoms with van der Waals surface area (Å²) >= 11 is 0. The maximum atomic E-state index is 3.66. The van der Waals surface area contributed by atoms with E-state index in [2.05, 4.69) is 56.9 Å². The Balaban J connectivity index is 2.58. The Labute approximate surface area is 127 Å². The third-order valence-electron chi connectivity index (χ3n) is 4.45. The molecule has 1 N–H and O–H groups in total. The molecule has 2 unspecified atom stereocenters. The highest BCUT2D eigenvalue weighted by Gasteiger charge is 2.32. The summed E-state index contributed by atoms with van der Waals surface area (Å²) in [5.74, 6) is 0. The molecule has 1 aliphatic rings. The van der Waals surface area contributed by atoms with Crippen LogP contribution in [0.15, 0.2) is 0 Å². The van der Waals surface area contributed by atoms with Gasteiger partial charge in [-0.05, 0) is 45.3 Å². The predicted octanol–water partition coefficient (Wildman–Crippen LogP) is 2.82. The molecule has 0 bridgehead atoms. The van der Waals surface area contributed by atoms with Crippen LogP contribution in [0.3, 0.4) is 0 Å². The number of nitrogens with one attached hydrogen (secondary N) is 1. The SMILES string of the molecule is CCCC(C)(CNC(C)C)CN1CCCC1CN(C)C. The number of likely N-dealkylation sites (tertiary alicyclic amines) is 1. The van der Waals surface area contributed by atoms with Gasteiger partial charge in [0.05, 0.1) is 0 Å². The molecule has 0 saturated carbocycles. The fourth-order valence-corrected chi connectivity index (χ4v) is 3.50. The van der Waals surface area contributed by atoms with Gasteiger partial charge >= 0.3 is 0 Å². The molecule has 0 aliphatic carbocycles. The molecule has 120 valence electrons. The molecule has 3 heteroatoms. The average Bonchev–Trinajstić information content (AvgIpc) is 2.73. The lowest BCUT2D eigenvalue weighted by Crippen LogP contribution is -2.47. The van der Waals surface area contributed by atoms with Gasteiger partial charge in [0.1, 0.15) is 0 Å². The monoisotopic (exact) mass is 283 g/mol. The first-order valence-electron chi connectivity index (χ1n) is 8.48. The van der Waals surface area contributed by atoms with Gasteiger partial charge in [-0.1, -0.05) is 34.1 Å². The summed E-state index contributed by atoms with van der Waals surface area (Å²) in [6, 6.07) is 1.35. The van der Waals surface area contributed by atoms with E-state index < -0.39 is 0 Å². The molecule has 3 nitrogen and oxygen atoms in total. The second-order valence-electron chi connectivity index (χ2n) is 7.63. The van der Waals surface area contributed by atoms with E-state index in [9.17, 15) is 0 Å². The van der Waals surface area contributed by atoms with Crippen molar-refractivity contribution in [1.82, 2.24) is 15.1 Å². The normalized spacial score (nSPS) is 23.7. The zero-order chi connectivity index (χ0) is 15.2. The quantitative estimate of drug-likeness (QED) is 0.702. The van der Waals surface area contributed by atoms with E-state index in [1.807, 2.05) is 0 Å². The van der Waals surface area contributed by atoms with Crippen LogP contribution in [0.4, 0.5) is 0 Å². The number of nitrogens with zero attached hydrogens (tertiary/aromatic N) is 2. The number of hydrogen-bond donors (Lipinski definition) is 1. The number of hydrogen-bond acceptors (Lipinski definition) is 3. The molecule has 1 aliphatic heterocycles. The lowest BCUT2D eigenvalue weighted by atomic mass is 9.84. The zero-order valence-corrected chi connectivity index (χ0v) is 14.7. The van der Waals surface area contributed by atoms with E-state index in [1.165, 1.54) is 45.3 Å². The second-order valence-corrected chi connectivity index (χ2v) is 7.63. The van der Waals surface area contributed by atoms with Crippen molar-refractivity contribution in [3.63, 3.8) is 0 Å². The highest BCUT2D eigenvalue weighted by atomic mass is 15.2. The molecule has 0 amide bonds. The summed E-state index contributed by atoms with van der Waals surface area (Å²) in [6.07, 6.45) is 5.34. The molecule has 0 aromatic rings. The second kappa shape index (κ2) is 8.35. The van der Waals surface area contributed by atoms with Crippen molar-refractivity contribution >= 4 is 0 Å². The molecule has 20 heavy (non-hydrogen) atoms. The van der Waals surface area contributed by atoms with Crippen LogP contribution in [0.25, 0.3) is 0 Å². The van der Waals surface area contributed by atoms with Crippen LogP contribution in [0.5, 0.6) is 0 Å². The summed E-state index contributed by atoms with van der Waals surface area (Å²) < 4.78 is 0. The van der Waals surface area contributed by atoms with Crippen LogP contribution in [-0.2, 0) is 0 Å². The Morgan fingerprint density at radius 3 is 2.60 bits per heavy atom. The fourth-order valence-electron chi connectivity index (χ4n) is 3.50. The first-order valence-corrected chi connectivity index (χ1v) is 8.48. The Hall–Kier alpha value is -0.120. The molecule has 1 saturated heterocycles. The topological polar surface area (TPSA) is 18.5 Å². The smallest absolute Gasteiger partial charge is 0.0223 e. The van der Waals surface area contributed by atoms with E-state index in [4.69, 9.17) is 0 Å². The van der Waals surface area contributed by atoms with Crippen LogP contribution in [0.1, 0.15) is 53.4 Å². The molecular weight excluding hydrogens is 246 g/mol. The minimum absolute atomic E-state index is 0.411. The van der Waals surface area contributed by atoms with E-state index in [-0.39, 0.29) is 0 Å². The minimum Gasteiger partial charge on any atom is -0.314 e. The van der Waals surface area contributed by atoms with Gasteiger partial charge in [0, 0.05) is 31.7 Å². The molecule has 0 aromatic heterocycles. The number of likely N-dealkylation sites (N-methyl/N-ethyl adjacent to an activating group) is 1. The first kappa shape index (κ1) is 17.9. The largest absolute Gasteiger partial charge is 0.314 e. The van der Waals surface area contributed by atoms with E-state index in [1.54, 1.807) is 0 Å². The standard InChI is InChI=1S/C17H37N3/c1-7-10-17(4,13-18-15(2)3)14-20-11-8-9-16(20)12-19(5)6/h15-16,18H,7-14H2,1-6H3. The van der Waals surface area contributed by atoms with Gasteiger partial charge in [-0.3, -0.25) is 4.90 Å². The number of rotatable bonds is 9. The fraction of sp³-hybridized carbons (Fsp3) is 1.00. The Kier molecular flexibility index (Phi) is 7.49. The minimum atomic E-state index is 0.411. The van der Waals surface area contributed by atoms with E-state index in [0.29, 0.717) is 11.5 Å². The van der Waals surface area contributed by atoms with Crippen molar-refractivity contribution in [2.45, 2.75) is 65.5 Å².